The molecule has 0 aliphatic heterocycles. The highest BCUT2D eigenvalue weighted by Crippen LogP contribution is 2.18. The molecule has 0 aliphatic rings. The molecule has 0 fully saturated rings. The number of carboxylic acid groups (broad SMARTS) is 1. The van der Waals surface area contributed by atoms with Gasteiger partial charge < -0.3 is 60.4 Å². The number of hydrogen-bond acceptors (Lipinski definition) is 11. The van der Waals surface area contributed by atoms with Crippen LogP contribution in [0.2, 0.25) is 0 Å². The lowest BCUT2D eigenvalue weighted by Gasteiger charge is -2.09. The zero-order valence-corrected chi connectivity index (χ0v) is 31.3. The van der Waals surface area contributed by atoms with E-state index >= 15 is 0 Å². The predicted octanol–water partition coefficient (Wildman–Crippen LogP) is 1.32. The van der Waals surface area contributed by atoms with Crippen LogP contribution < -0.4 is 31.9 Å². The molecule has 21 nitrogen and oxygen atoms in total. The number of aryl methyl sites for hydroxylation is 2. The van der Waals surface area contributed by atoms with E-state index in [1.807, 2.05) is 6.92 Å². The van der Waals surface area contributed by atoms with Crippen molar-refractivity contribution < 1.29 is 43.4 Å². The van der Waals surface area contributed by atoms with Gasteiger partial charge in [-0.1, -0.05) is 24.3 Å². The standard InChI is InChI=1S/C36H40N12O9/c1-5-38-28(49)10-20-6-8-21(9-7-20)19-57-30(51)14-40-29(50)18-48-15-23(12-25(48)36(55)56)42-35(54)32-44-27(17-47(32)4)45-33(52)24-11-22(13-39-24)41-34(53)31-43-26(37-2)16-46(31)3/h6-9,11-13,15-17,37,39H,5,10,14,18-19H2,1-4H3,(H,38,49)(H,40,50)(H,41,53)(H,42,54)(H,45,52)(H,55,56). The van der Waals surface area contributed by atoms with Crippen LogP contribution in [0.25, 0.3) is 0 Å². The van der Waals surface area contributed by atoms with Crippen molar-refractivity contribution in [1.82, 2.24) is 39.3 Å². The summed E-state index contributed by atoms with van der Waals surface area (Å²) in [6.45, 7) is 1.32. The van der Waals surface area contributed by atoms with Gasteiger partial charge >= 0.3 is 11.9 Å². The van der Waals surface area contributed by atoms with Crippen LogP contribution in [-0.4, -0.2) is 95.4 Å². The number of imidazole rings is 2. The van der Waals surface area contributed by atoms with Crippen LogP contribution in [0.15, 0.2) is 61.2 Å². The van der Waals surface area contributed by atoms with Crippen LogP contribution in [0.3, 0.4) is 0 Å². The Bertz CT molecular complexity index is 2320. The molecule has 21 heteroatoms. The molecule has 0 spiro atoms. The molecule has 57 heavy (non-hydrogen) atoms. The molecule has 0 saturated carbocycles. The Kier molecular flexibility index (Phi) is 12.8. The van der Waals surface area contributed by atoms with Gasteiger partial charge in [-0.2, -0.15) is 0 Å². The molecular formula is C36H40N12O9. The zero-order chi connectivity index (χ0) is 41.2. The molecule has 4 heterocycles. The molecule has 5 rings (SSSR count). The van der Waals surface area contributed by atoms with Crippen molar-refractivity contribution in [3.05, 3.63) is 95.3 Å². The maximum Gasteiger partial charge on any atom is 0.352 e. The highest BCUT2D eigenvalue weighted by atomic mass is 16.5. The quantitative estimate of drug-likeness (QED) is 0.0620. The van der Waals surface area contributed by atoms with Gasteiger partial charge in [0.15, 0.2) is 5.82 Å². The first kappa shape index (κ1) is 40.5. The summed E-state index contributed by atoms with van der Waals surface area (Å²) < 4.78 is 9.16. The zero-order valence-electron chi connectivity index (χ0n) is 31.3. The van der Waals surface area contributed by atoms with Gasteiger partial charge in [0.25, 0.3) is 17.7 Å². The Balaban J connectivity index is 1.11. The van der Waals surface area contributed by atoms with Crippen LogP contribution >= 0.6 is 0 Å². The number of ether oxygens (including phenoxy) is 1. The lowest BCUT2D eigenvalue weighted by atomic mass is 10.1. The fourth-order valence-electron chi connectivity index (χ4n) is 5.37. The van der Waals surface area contributed by atoms with Crippen molar-refractivity contribution in [3.63, 3.8) is 0 Å². The van der Waals surface area contributed by atoms with Gasteiger partial charge in [0.2, 0.25) is 23.5 Å². The maximum atomic E-state index is 13.1. The first-order valence-corrected chi connectivity index (χ1v) is 17.3. The van der Waals surface area contributed by atoms with E-state index in [0.29, 0.717) is 23.6 Å². The number of nitrogens with zero attached hydrogens (tertiary/aromatic N) is 5. The summed E-state index contributed by atoms with van der Waals surface area (Å²) in [6.07, 6.45) is 5.90. The lowest BCUT2D eigenvalue weighted by Crippen LogP contribution is -2.33. The second-order valence-electron chi connectivity index (χ2n) is 12.5. The van der Waals surface area contributed by atoms with Crippen molar-refractivity contribution in [2.75, 3.05) is 41.4 Å². The van der Waals surface area contributed by atoms with E-state index in [1.54, 1.807) is 49.1 Å². The number of carboxylic acids is 1. The molecule has 5 amide bonds. The number of carbonyl (C=O) groups excluding carboxylic acids is 6. The van der Waals surface area contributed by atoms with Crippen molar-refractivity contribution in [1.29, 1.82) is 0 Å². The number of esters is 1. The number of likely N-dealkylation sites (N-methyl/N-ethyl adjacent to an activating group) is 1. The van der Waals surface area contributed by atoms with Crippen LogP contribution in [0.4, 0.5) is 23.0 Å². The van der Waals surface area contributed by atoms with Gasteiger partial charge in [0, 0.05) is 52.5 Å². The lowest BCUT2D eigenvalue weighted by molar-refractivity contribution is -0.145. The summed E-state index contributed by atoms with van der Waals surface area (Å²) in [5.41, 5.74) is 1.56. The second-order valence-corrected chi connectivity index (χ2v) is 12.5. The van der Waals surface area contributed by atoms with E-state index in [4.69, 9.17) is 4.74 Å². The minimum Gasteiger partial charge on any atom is -0.477 e. The Labute approximate surface area is 324 Å². The van der Waals surface area contributed by atoms with Crippen LogP contribution in [0.5, 0.6) is 0 Å². The molecule has 5 aromatic rings. The van der Waals surface area contributed by atoms with Crippen molar-refractivity contribution in [2.45, 2.75) is 26.5 Å². The van der Waals surface area contributed by atoms with Gasteiger partial charge in [-0.25, -0.2) is 14.8 Å². The Morgan fingerprint density at radius 3 is 2.04 bits per heavy atom. The number of rotatable bonds is 17. The Morgan fingerprint density at radius 2 is 1.40 bits per heavy atom. The van der Waals surface area contributed by atoms with E-state index in [-0.39, 0.29) is 53.5 Å². The van der Waals surface area contributed by atoms with Crippen molar-refractivity contribution in [2.24, 2.45) is 14.1 Å². The van der Waals surface area contributed by atoms with Gasteiger partial charge in [0.1, 0.15) is 36.9 Å². The van der Waals surface area contributed by atoms with Gasteiger partial charge in [-0.05, 0) is 30.2 Å². The fourth-order valence-corrected chi connectivity index (χ4v) is 5.37. The number of hydrogen-bond donors (Lipinski definition) is 8. The summed E-state index contributed by atoms with van der Waals surface area (Å²) >= 11 is 0. The fraction of sp³-hybridized carbons (Fsp3) is 0.250. The van der Waals surface area contributed by atoms with E-state index in [1.165, 1.54) is 36.3 Å². The van der Waals surface area contributed by atoms with E-state index in [9.17, 15) is 38.7 Å². The summed E-state index contributed by atoms with van der Waals surface area (Å²) in [6, 6.07) is 9.48. The molecule has 0 atom stereocenters. The topological polar surface area (TPSA) is 277 Å². The molecule has 1 aromatic carbocycles. The molecule has 4 aromatic heterocycles. The second kappa shape index (κ2) is 18.1. The predicted molar refractivity (Wildman–Crippen MR) is 204 cm³/mol. The minimum absolute atomic E-state index is 0.0191. The van der Waals surface area contributed by atoms with Crippen LogP contribution in [0.1, 0.15) is 60.3 Å². The average molecular weight is 785 g/mol. The summed E-state index contributed by atoms with van der Waals surface area (Å²) in [4.78, 5) is 98.4. The summed E-state index contributed by atoms with van der Waals surface area (Å²) in [7, 11) is 4.85. The molecular weight excluding hydrogens is 744 g/mol. The maximum absolute atomic E-state index is 13.1. The normalized spacial score (nSPS) is 10.7. The molecule has 0 bridgehead atoms. The largest absolute Gasteiger partial charge is 0.477 e. The third kappa shape index (κ3) is 10.7. The number of carbonyl (C=O) groups is 7. The highest BCUT2D eigenvalue weighted by Gasteiger charge is 2.21. The average Bonchev–Trinajstić information content (AvgIpc) is 3.97. The number of nitrogens with one attached hydrogen (secondary N) is 7. The smallest absolute Gasteiger partial charge is 0.352 e. The third-order valence-corrected chi connectivity index (χ3v) is 8.12. The number of H-pyrrole nitrogens is 1. The number of anilines is 4. The first-order valence-electron chi connectivity index (χ1n) is 17.3. The van der Waals surface area contributed by atoms with E-state index in [2.05, 4.69) is 46.9 Å². The monoisotopic (exact) mass is 784 g/mol. The van der Waals surface area contributed by atoms with Crippen molar-refractivity contribution in [3.8, 4) is 0 Å². The van der Waals surface area contributed by atoms with Crippen LogP contribution in [-0.2, 0) is 52.8 Å². The van der Waals surface area contributed by atoms with Crippen LogP contribution in [0, 0.1) is 0 Å². The number of benzene rings is 1. The Hall–Kier alpha value is -7.71. The third-order valence-electron chi connectivity index (χ3n) is 8.12. The number of aromatic nitrogens is 6. The molecule has 298 valence electrons. The van der Waals surface area contributed by atoms with Crippen molar-refractivity contribution >= 4 is 64.5 Å². The molecule has 8 N–H and O–H groups in total. The molecule has 0 radical (unpaired) electrons. The van der Waals surface area contributed by atoms with Gasteiger partial charge in [-0.15, -0.1) is 0 Å². The van der Waals surface area contributed by atoms with E-state index < -0.39 is 48.7 Å². The Morgan fingerprint density at radius 1 is 0.772 bits per heavy atom. The van der Waals surface area contributed by atoms with Gasteiger partial charge in [-0.3, -0.25) is 28.8 Å². The first-order chi connectivity index (χ1) is 27.2. The molecule has 0 unspecified atom stereocenters. The number of aromatic carboxylic acids is 1. The summed E-state index contributed by atoms with van der Waals surface area (Å²) in [5.74, 6) is -4.25. The number of aromatic amines is 1. The molecule has 0 saturated heterocycles. The van der Waals surface area contributed by atoms with Gasteiger partial charge in [0.05, 0.1) is 17.8 Å². The minimum atomic E-state index is -1.38. The van der Waals surface area contributed by atoms with E-state index in [0.717, 1.165) is 16.2 Å². The SMILES string of the molecule is CCNC(=O)Cc1ccc(COC(=O)CNC(=O)Cn2cc(NC(=O)c3nc(NC(=O)c4cc(NC(=O)c5nc(NC)cn5C)c[nH]4)cn3C)cc2C(=O)O)cc1. The molecule has 0 aliphatic carbocycles. The number of amides is 5. The summed E-state index contributed by atoms with van der Waals surface area (Å²) in [5, 5.41) is 25.4. The highest BCUT2D eigenvalue weighted by molar-refractivity contribution is 6.07.